The molecule has 6 heteroatoms. The van der Waals surface area contributed by atoms with Crippen molar-refractivity contribution in [2.45, 2.75) is 32.7 Å². The van der Waals surface area contributed by atoms with E-state index in [-0.39, 0.29) is 0 Å². The molecule has 0 unspecified atom stereocenters. The number of aliphatic imine (C=N–C) groups is 1. The highest BCUT2D eigenvalue weighted by Gasteiger charge is 2.18. The van der Waals surface area contributed by atoms with E-state index in [1.807, 2.05) is 19.0 Å². The van der Waals surface area contributed by atoms with Crippen LogP contribution in [0.1, 0.15) is 31.7 Å². The Bertz CT molecular complexity index is 568. The highest BCUT2D eigenvalue weighted by atomic mass is 16.2. The van der Waals surface area contributed by atoms with Gasteiger partial charge in [-0.2, -0.15) is 0 Å². The van der Waals surface area contributed by atoms with Crippen molar-refractivity contribution in [3.63, 3.8) is 0 Å². The average Bonchev–Trinajstić information content (AvgIpc) is 3.01. The van der Waals surface area contributed by atoms with Crippen molar-refractivity contribution in [2.24, 2.45) is 4.99 Å². The topological polar surface area (TPSA) is 60.0 Å². The number of likely N-dealkylation sites (tertiary alicyclic amines) is 1. The Morgan fingerprint density at radius 3 is 2.60 bits per heavy atom. The third kappa shape index (κ3) is 6.29. The molecule has 1 aromatic carbocycles. The van der Waals surface area contributed by atoms with Gasteiger partial charge in [0, 0.05) is 52.4 Å². The number of rotatable bonds is 8. The Morgan fingerprint density at radius 1 is 1.24 bits per heavy atom. The predicted molar refractivity (Wildman–Crippen MR) is 104 cm³/mol. The number of anilines is 1. The molecule has 0 saturated carbocycles. The van der Waals surface area contributed by atoms with E-state index in [1.165, 1.54) is 11.3 Å². The number of hydrogen-bond donors (Lipinski definition) is 2. The molecule has 0 bridgehead atoms. The first-order chi connectivity index (χ1) is 12.1. The van der Waals surface area contributed by atoms with E-state index >= 15 is 0 Å². The van der Waals surface area contributed by atoms with Crippen LogP contribution in [0.5, 0.6) is 0 Å². The van der Waals surface area contributed by atoms with Crippen LogP contribution in [-0.4, -0.2) is 57.0 Å². The van der Waals surface area contributed by atoms with Gasteiger partial charge in [-0.25, -0.2) is 4.99 Å². The van der Waals surface area contributed by atoms with Crippen LogP contribution in [0, 0.1) is 0 Å². The van der Waals surface area contributed by atoms with E-state index in [9.17, 15) is 4.79 Å². The van der Waals surface area contributed by atoms with E-state index < -0.39 is 0 Å². The van der Waals surface area contributed by atoms with Gasteiger partial charge in [0.25, 0.3) is 0 Å². The fraction of sp³-hybridized carbons (Fsp3) is 0.579. The molecule has 1 aromatic rings. The van der Waals surface area contributed by atoms with Gasteiger partial charge in [0.15, 0.2) is 5.96 Å². The molecule has 0 aromatic heterocycles. The van der Waals surface area contributed by atoms with E-state index in [0.717, 1.165) is 45.0 Å². The third-order valence-electron chi connectivity index (χ3n) is 4.29. The van der Waals surface area contributed by atoms with Gasteiger partial charge >= 0.3 is 0 Å². The maximum atomic E-state index is 11.6. The van der Waals surface area contributed by atoms with Gasteiger partial charge in [-0.05, 0) is 37.5 Å². The highest BCUT2D eigenvalue weighted by Crippen LogP contribution is 2.12. The predicted octanol–water partition coefficient (Wildman–Crippen LogP) is 1.82. The Labute approximate surface area is 151 Å². The standard InChI is InChI=1S/C19H31N5O/c1-4-20-19(21-12-6-14-24-13-5-7-18(24)25)22-15-16-8-10-17(11-9-16)23(2)3/h8-11H,4-7,12-15H2,1-3H3,(H2,20,21,22). The fourth-order valence-corrected chi connectivity index (χ4v) is 2.83. The minimum atomic E-state index is 0.293. The number of benzene rings is 1. The summed E-state index contributed by atoms with van der Waals surface area (Å²) >= 11 is 0. The summed E-state index contributed by atoms with van der Waals surface area (Å²) in [6.45, 7) is 6.10. The molecule has 0 atom stereocenters. The summed E-state index contributed by atoms with van der Waals surface area (Å²) < 4.78 is 0. The number of nitrogens with zero attached hydrogens (tertiary/aromatic N) is 3. The van der Waals surface area contributed by atoms with Gasteiger partial charge in [-0.3, -0.25) is 4.79 Å². The number of amides is 1. The van der Waals surface area contributed by atoms with Crippen LogP contribution in [0.3, 0.4) is 0 Å². The second-order valence-corrected chi connectivity index (χ2v) is 6.52. The molecule has 1 heterocycles. The van der Waals surface area contributed by atoms with E-state index in [1.54, 1.807) is 0 Å². The van der Waals surface area contributed by atoms with Crippen molar-refractivity contribution in [2.75, 3.05) is 45.2 Å². The zero-order chi connectivity index (χ0) is 18.1. The van der Waals surface area contributed by atoms with Crippen molar-refractivity contribution in [1.82, 2.24) is 15.5 Å². The fourth-order valence-electron chi connectivity index (χ4n) is 2.83. The lowest BCUT2D eigenvalue weighted by molar-refractivity contribution is -0.127. The van der Waals surface area contributed by atoms with Crippen LogP contribution in [0.2, 0.25) is 0 Å². The quantitative estimate of drug-likeness (QED) is 0.429. The van der Waals surface area contributed by atoms with Crippen molar-refractivity contribution in [3.8, 4) is 0 Å². The Hall–Kier alpha value is -2.24. The number of carbonyl (C=O) groups is 1. The van der Waals surface area contributed by atoms with Crippen molar-refractivity contribution in [1.29, 1.82) is 0 Å². The molecule has 1 aliphatic rings. The minimum Gasteiger partial charge on any atom is -0.378 e. The van der Waals surface area contributed by atoms with Crippen molar-refractivity contribution >= 4 is 17.6 Å². The van der Waals surface area contributed by atoms with E-state index in [0.29, 0.717) is 18.9 Å². The molecule has 1 amide bonds. The van der Waals surface area contributed by atoms with E-state index in [4.69, 9.17) is 0 Å². The maximum Gasteiger partial charge on any atom is 0.222 e. The second kappa shape index (κ2) is 9.91. The van der Waals surface area contributed by atoms with Gasteiger partial charge in [0.1, 0.15) is 0 Å². The molecule has 0 spiro atoms. The minimum absolute atomic E-state index is 0.293. The molecule has 138 valence electrons. The SMILES string of the molecule is CCNC(=NCc1ccc(N(C)C)cc1)NCCCN1CCCC1=O. The third-order valence-corrected chi connectivity index (χ3v) is 4.29. The molecule has 1 aliphatic heterocycles. The second-order valence-electron chi connectivity index (χ2n) is 6.52. The molecule has 2 N–H and O–H groups in total. The Balaban J connectivity index is 1.78. The van der Waals surface area contributed by atoms with Crippen LogP contribution in [-0.2, 0) is 11.3 Å². The van der Waals surface area contributed by atoms with Crippen molar-refractivity contribution in [3.05, 3.63) is 29.8 Å². The Morgan fingerprint density at radius 2 is 2.00 bits per heavy atom. The van der Waals surface area contributed by atoms with Crippen LogP contribution >= 0.6 is 0 Å². The zero-order valence-electron chi connectivity index (χ0n) is 15.7. The molecule has 1 saturated heterocycles. The highest BCUT2D eigenvalue weighted by molar-refractivity contribution is 5.79. The first-order valence-electron chi connectivity index (χ1n) is 9.16. The monoisotopic (exact) mass is 345 g/mol. The van der Waals surface area contributed by atoms with Crippen LogP contribution in [0.25, 0.3) is 0 Å². The number of carbonyl (C=O) groups excluding carboxylic acids is 1. The summed E-state index contributed by atoms with van der Waals surface area (Å²) in [4.78, 5) is 20.3. The van der Waals surface area contributed by atoms with Gasteiger partial charge in [-0.15, -0.1) is 0 Å². The summed E-state index contributed by atoms with van der Waals surface area (Å²) in [6.07, 6.45) is 2.65. The normalized spacial score (nSPS) is 14.8. The van der Waals surface area contributed by atoms with Crippen LogP contribution in [0.4, 0.5) is 5.69 Å². The van der Waals surface area contributed by atoms with Crippen molar-refractivity contribution < 1.29 is 4.79 Å². The van der Waals surface area contributed by atoms with Gasteiger partial charge in [0.05, 0.1) is 6.54 Å². The first-order valence-corrected chi connectivity index (χ1v) is 9.16. The largest absolute Gasteiger partial charge is 0.378 e. The molecular formula is C19H31N5O. The van der Waals surface area contributed by atoms with Gasteiger partial charge < -0.3 is 20.4 Å². The van der Waals surface area contributed by atoms with Gasteiger partial charge in [-0.1, -0.05) is 12.1 Å². The molecule has 0 aliphatic carbocycles. The van der Waals surface area contributed by atoms with Crippen LogP contribution < -0.4 is 15.5 Å². The summed E-state index contributed by atoms with van der Waals surface area (Å²) in [5, 5.41) is 6.62. The number of nitrogens with one attached hydrogen (secondary N) is 2. The van der Waals surface area contributed by atoms with E-state index in [2.05, 4.69) is 51.7 Å². The lowest BCUT2D eigenvalue weighted by Gasteiger charge is -2.16. The number of guanidine groups is 1. The molecule has 25 heavy (non-hydrogen) atoms. The lowest BCUT2D eigenvalue weighted by atomic mass is 10.2. The summed E-state index contributed by atoms with van der Waals surface area (Å²) in [7, 11) is 4.08. The summed E-state index contributed by atoms with van der Waals surface area (Å²) in [5.74, 6) is 1.12. The Kier molecular flexibility index (Phi) is 7.57. The smallest absolute Gasteiger partial charge is 0.222 e. The molecular weight excluding hydrogens is 314 g/mol. The zero-order valence-corrected chi connectivity index (χ0v) is 15.7. The molecule has 1 fully saturated rings. The molecule has 2 rings (SSSR count). The lowest BCUT2D eigenvalue weighted by Crippen LogP contribution is -2.39. The molecule has 0 radical (unpaired) electrons. The first kappa shape index (κ1) is 19.1. The summed E-state index contributed by atoms with van der Waals surface area (Å²) in [5.41, 5.74) is 2.37. The average molecular weight is 345 g/mol. The van der Waals surface area contributed by atoms with Gasteiger partial charge in [0.2, 0.25) is 5.91 Å². The number of hydrogen-bond acceptors (Lipinski definition) is 3. The summed E-state index contributed by atoms with van der Waals surface area (Å²) in [6, 6.07) is 8.44. The van der Waals surface area contributed by atoms with Crippen LogP contribution in [0.15, 0.2) is 29.3 Å². The maximum absolute atomic E-state index is 11.6. The molecule has 6 nitrogen and oxygen atoms in total.